The Morgan fingerprint density at radius 3 is 1.77 bits per heavy atom. The SMILES string of the molecule is CC(=O)O.Nc1cccc(N)c1N. The summed E-state index contributed by atoms with van der Waals surface area (Å²) in [5.74, 6) is -0.833. The molecule has 0 unspecified atom stereocenters. The molecule has 0 heterocycles. The number of benzene rings is 1. The van der Waals surface area contributed by atoms with Crippen molar-refractivity contribution in [2.24, 2.45) is 0 Å². The predicted octanol–water partition coefficient (Wildman–Crippen LogP) is 0.524. The van der Waals surface area contributed by atoms with Gasteiger partial charge in [0.25, 0.3) is 5.97 Å². The van der Waals surface area contributed by atoms with Gasteiger partial charge in [0.1, 0.15) is 0 Å². The van der Waals surface area contributed by atoms with Crippen LogP contribution in [0.5, 0.6) is 0 Å². The lowest BCUT2D eigenvalue weighted by molar-refractivity contribution is -0.134. The molecule has 13 heavy (non-hydrogen) atoms. The number of aliphatic carboxylic acids is 1. The minimum absolute atomic E-state index is 0.470. The summed E-state index contributed by atoms with van der Waals surface area (Å²) in [6.07, 6.45) is 0. The number of carbonyl (C=O) groups is 1. The molecule has 0 bridgehead atoms. The maximum Gasteiger partial charge on any atom is 0.300 e. The van der Waals surface area contributed by atoms with Crippen LogP contribution in [-0.2, 0) is 4.79 Å². The minimum atomic E-state index is -0.833. The van der Waals surface area contributed by atoms with Crippen LogP contribution in [0.15, 0.2) is 18.2 Å². The van der Waals surface area contributed by atoms with Crippen molar-refractivity contribution in [2.45, 2.75) is 6.92 Å². The van der Waals surface area contributed by atoms with E-state index in [1.54, 1.807) is 18.2 Å². The molecule has 0 spiro atoms. The zero-order valence-electron chi connectivity index (χ0n) is 7.32. The quantitative estimate of drug-likeness (QED) is 0.438. The number of nitrogens with two attached hydrogens (primary N) is 3. The Bertz CT molecular complexity index is 275. The summed E-state index contributed by atoms with van der Waals surface area (Å²) in [6.45, 7) is 1.08. The van der Waals surface area contributed by atoms with Gasteiger partial charge in [0.05, 0.1) is 17.1 Å². The van der Waals surface area contributed by atoms with Crippen LogP contribution in [0.4, 0.5) is 17.1 Å². The van der Waals surface area contributed by atoms with E-state index in [1.807, 2.05) is 0 Å². The smallest absolute Gasteiger partial charge is 0.300 e. The van der Waals surface area contributed by atoms with E-state index in [4.69, 9.17) is 27.1 Å². The molecule has 1 aromatic rings. The molecule has 0 aliphatic heterocycles. The molecular weight excluding hydrogens is 170 g/mol. The zero-order chi connectivity index (χ0) is 10.4. The number of nitrogen functional groups attached to an aromatic ring is 3. The minimum Gasteiger partial charge on any atom is -0.481 e. The molecule has 0 saturated carbocycles. The number of rotatable bonds is 0. The van der Waals surface area contributed by atoms with Gasteiger partial charge in [-0.25, -0.2) is 0 Å². The largest absolute Gasteiger partial charge is 0.481 e. The Morgan fingerprint density at radius 1 is 1.23 bits per heavy atom. The predicted molar refractivity (Wildman–Crippen MR) is 53.0 cm³/mol. The first-order chi connectivity index (χ1) is 5.95. The molecule has 5 heteroatoms. The van der Waals surface area contributed by atoms with Crippen LogP contribution in [0.25, 0.3) is 0 Å². The number of hydrogen-bond donors (Lipinski definition) is 4. The summed E-state index contributed by atoms with van der Waals surface area (Å²) in [5.41, 5.74) is 17.8. The van der Waals surface area contributed by atoms with Gasteiger partial charge in [0.2, 0.25) is 0 Å². The highest BCUT2D eigenvalue weighted by Gasteiger charge is 1.94. The fourth-order valence-corrected chi connectivity index (χ4v) is 0.602. The van der Waals surface area contributed by atoms with E-state index in [0.717, 1.165) is 6.92 Å². The Hall–Kier alpha value is -1.91. The number of carboxylic acid groups (broad SMARTS) is 1. The van der Waals surface area contributed by atoms with Gasteiger partial charge in [-0.1, -0.05) is 6.07 Å². The van der Waals surface area contributed by atoms with Crippen molar-refractivity contribution in [1.29, 1.82) is 0 Å². The van der Waals surface area contributed by atoms with Gasteiger partial charge >= 0.3 is 0 Å². The fourth-order valence-electron chi connectivity index (χ4n) is 0.602. The molecule has 0 saturated heterocycles. The molecule has 72 valence electrons. The number of anilines is 3. The second kappa shape index (κ2) is 4.87. The Kier molecular flexibility index (Phi) is 4.15. The second-order valence-corrected chi connectivity index (χ2v) is 2.37. The standard InChI is InChI=1S/C6H9N3.C2H4O2/c7-4-2-1-3-5(8)6(4)9;1-2(3)4/h1-3H,7-9H2;1H3,(H,3,4). The monoisotopic (exact) mass is 183 g/mol. The summed E-state index contributed by atoms with van der Waals surface area (Å²) in [7, 11) is 0. The highest BCUT2D eigenvalue weighted by atomic mass is 16.4. The van der Waals surface area contributed by atoms with Crippen LogP contribution < -0.4 is 17.2 Å². The van der Waals surface area contributed by atoms with E-state index in [-0.39, 0.29) is 0 Å². The van der Waals surface area contributed by atoms with E-state index in [0.29, 0.717) is 17.1 Å². The average molecular weight is 183 g/mol. The van der Waals surface area contributed by atoms with Crippen molar-refractivity contribution in [3.63, 3.8) is 0 Å². The number of hydrogen-bond acceptors (Lipinski definition) is 4. The summed E-state index contributed by atoms with van der Waals surface area (Å²) >= 11 is 0. The van der Waals surface area contributed by atoms with Crippen molar-refractivity contribution < 1.29 is 9.90 Å². The van der Waals surface area contributed by atoms with Gasteiger partial charge in [-0.3, -0.25) is 4.79 Å². The zero-order valence-corrected chi connectivity index (χ0v) is 7.32. The van der Waals surface area contributed by atoms with Gasteiger partial charge in [0, 0.05) is 6.92 Å². The fraction of sp³-hybridized carbons (Fsp3) is 0.125. The van der Waals surface area contributed by atoms with Gasteiger partial charge in [-0.2, -0.15) is 0 Å². The van der Waals surface area contributed by atoms with Crippen LogP contribution in [-0.4, -0.2) is 11.1 Å². The maximum absolute atomic E-state index is 9.00. The first-order valence-electron chi connectivity index (χ1n) is 3.54. The normalized spacial score (nSPS) is 8.38. The van der Waals surface area contributed by atoms with E-state index < -0.39 is 5.97 Å². The summed E-state index contributed by atoms with van der Waals surface area (Å²) < 4.78 is 0. The molecule has 1 aromatic carbocycles. The highest BCUT2D eigenvalue weighted by Crippen LogP contribution is 2.20. The Balaban J connectivity index is 0.000000310. The molecule has 0 aliphatic rings. The number of carboxylic acids is 1. The summed E-state index contributed by atoms with van der Waals surface area (Å²) in [5, 5.41) is 7.42. The molecule has 0 atom stereocenters. The molecule has 1 rings (SSSR count). The summed E-state index contributed by atoms with van der Waals surface area (Å²) in [6, 6.07) is 5.19. The molecule has 5 nitrogen and oxygen atoms in total. The average Bonchev–Trinajstić information content (AvgIpc) is 1.99. The molecule has 7 N–H and O–H groups in total. The van der Waals surface area contributed by atoms with Gasteiger partial charge in [-0.05, 0) is 12.1 Å². The molecule has 0 aromatic heterocycles. The Morgan fingerprint density at radius 2 is 1.54 bits per heavy atom. The third kappa shape index (κ3) is 4.52. The van der Waals surface area contributed by atoms with Crippen LogP contribution in [0.2, 0.25) is 0 Å². The van der Waals surface area contributed by atoms with Crippen molar-refractivity contribution in [1.82, 2.24) is 0 Å². The topological polar surface area (TPSA) is 115 Å². The van der Waals surface area contributed by atoms with E-state index >= 15 is 0 Å². The van der Waals surface area contributed by atoms with Crippen LogP contribution >= 0.6 is 0 Å². The van der Waals surface area contributed by atoms with Gasteiger partial charge < -0.3 is 22.3 Å². The van der Waals surface area contributed by atoms with E-state index in [2.05, 4.69) is 0 Å². The molecule has 0 fully saturated rings. The molecule has 0 aliphatic carbocycles. The van der Waals surface area contributed by atoms with Crippen LogP contribution in [0.1, 0.15) is 6.92 Å². The van der Waals surface area contributed by atoms with E-state index in [1.165, 1.54) is 0 Å². The maximum atomic E-state index is 9.00. The second-order valence-electron chi connectivity index (χ2n) is 2.37. The molecular formula is C8H13N3O2. The van der Waals surface area contributed by atoms with E-state index in [9.17, 15) is 0 Å². The van der Waals surface area contributed by atoms with Gasteiger partial charge in [0.15, 0.2) is 0 Å². The molecule has 0 amide bonds. The van der Waals surface area contributed by atoms with Crippen LogP contribution in [0, 0.1) is 0 Å². The highest BCUT2D eigenvalue weighted by molar-refractivity contribution is 5.76. The first kappa shape index (κ1) is 11.1. The molecule has 0 radical (unpaired) electrons. The third-order valence-electron chi connectivity index (χ3n) is 1.17. The van der Waals surface area contributed by atoms with Crippen molar-refractivity contribution >= 4 is 23.0 Å². The Labute approximate surface area is 76.1 Å². The lowest BCUT2D eigenvalue weighted by Crippen LogP contribution is -1.98. The summed E-state index contributed by atoms with van der Waals surface area (Å²) in [4.78, 5) is 9.00. The first-order valence-corrected chi connectivity index (χ1v) is 3.54. The lowest BCUT2D eigenvalue weighted by atomic mass is 10.2. The number of para-hydroxylation sites is 1. The van der Waals surface area contributed by atoms with Crippen molar-refractivity contribution in [3.8, 4) is 0 Å². The van der Waals surface area contributed by atoms with Gasteiger partial charge in [-0.15, -0.1) is 0 Å². The third-order valence-corrected chi connectivity index (χ3v) is 1.17. The lowest BCUT2D eigenvalue weighted by Gasteiger charge is -2.00. The van der Waals surface area contributed by atoms with Crippen molar-refractivity contribution in [2.75, 3.05) is 17.2 Å². The van der Waals surface area contributed by atoms with Crippen LogP contribution in [0.3, 0.4) is 0 Å². The van der Waals surface area contributed by atoms with Crippen molar-refractivity contribution in [3.05, 3.63) is 18.2 Å².